The quantitative estimate of drug-likeness (QED) is 0.555. The van der Waals surface area contributed by atoms with Gasteiger partial charge in [-0.15, -0.1) is 0 Å². The molecule has 2 aromatic carbocycles. The highest BCUT2D eigenvalue weighted by atomic mass is 32.2. The summed E-state index contributed by atoms with van der Waals surface area (Å²) in [6, 6.07) is 14.6. The van der Waals surface area contributed by atoms with E-state index in [0.717, 1.165) is 17.7 Å². The number of benzene rings is 2. The average molecular weight is 468 g/mol. The van der Waals surface area contributed by atoms with Crippen LogP contribution in [-0.4, -0.2) is 43.5 Å². The summed E-state index contributed by atoms with van der Waals surface area (Å²) in [7, 11) is 3.18. The lowest BCUT2D eigenvalue weighted by molar-refractivity contribution is -0.118. The lowest BCUT2D eigenvalue weighted by Gasteiger charge is -2.18. The Morgan fingerprint density at radius 3 is 2.52 bits per heavy atom. The van der Waals surface area contributed by atoms with Gasteiger partial charge in [-0.05, 0) is 48.2 Å². The zero-order valence-electron chi connectivity index (χ0n) is 19.3. The van der Waals surface area contributed by atoms with Gasteiger partial charge in [0.1, 0.15) is 17.2 Å². The number of thioether (sulfide) groups is 1. The Bertz CT molecular complexity index is 1050. The Morgan fingerprint density at radius 2 is 1.85 bits per heavy atom. The Hall–Kier alpha value is -3.26. The summed E-state index contributed by atoms with van der Waals surface area (Å²) < 4.78 is 10.5. The molecule has 0 unspecified atom stereocenters. The minimum Gasteiger partial charge on any atom is -0.497 e. The first-order valence-electron chi connectivity index (χ1n) is 10.7. The van der Waals surface area contributed by atoms with E-state index < -0.39 is 0 Å². The van der Waals surface area contributed by atoms with E-state index in [1.807, 2.05) is 42.5 Å². The molecule has 0 aromatic heterocycles. The molecular weight excluding hydrogens is 438 g/mol. The zero-order valence-corrected chi connectivity index (χ0v) is 20.1. The molecule has 3 rings (SSSR count). The highest BCUT2D eigenvalue weighted by Crippen LogP contribution is 2.31. The van der Waals surface area contributed by atoms with Gasteiger partial charge in [-0.3, -0.25) is 14.5 Å². The van der Waals surface area contributed by atoms with Gasteiger partial charge < -0.3 is 14.8 Å². The molecule has 33 heavy (non-hydrogen) atoms. The number of hydrogen-bond acceptors (Lipinski definition) is 6. The van der Waals surface area contributed by atoms with Crippen molar-refractivity contribution in [1.82, 2.24) is 5.32 Å². The van der Waals surface area contributed by atoms with Crippen LogP contribution in [-0.2, 0) is 9.59 Å². The number of carbonyl (C=O) groups is 2. The van der Waals surface area contributed by atoms with Crippen molar-refractivity contribution in [3.63, 3.8) is 0 Å². The van der Waals surface area contributed by atoms with Crippen LogP contribution in [0.5, 0.6) is 11.5 Å². The van der Waals surface area contributed by atoms with Crippen LogP contribution in [0.2, 0.25) is 0 Å². The Balaban J connectivity index is 1.83. The number of amidine groups is 1. The summed E-state index contributed by atoms with van der Waals surface area (Å²) in [4.78, 5) is 31.7. The molecule has 8 heteroatoms. The lowest BCUT2D eigenvalue weighted by atomic mass is 10.1. The number of rotatable bonds is 9. The van der Waals surface area contributed by atoms with Crippen LogP contribution in [0.1, 0.15) is 25.8 Å². The number of nitrogens with zero attached hydrogens (tertiary/aromatic N) is 2. The van der Waals surface area contributed by atoms with Crippen molar-refractivity contribution in [2.24, 2.45) is 10.9 Å². The van der Waals surface area contributed by atoms with Gasteiger partial charge in [0.15, 0.2) is 5.17 Å². The Labute approximate surface area is 198 Å². The maximum atomic E-state index is 13.3. The van der Waals surface area contributed by atoms with Gasteiger partial charge in [0.2, 0.25) is 5.91 Å². The van der Waals surface area contributed by atoms with Gasteiger partial charge in [0.05, 0.1) is 25.7 Å². The van der Waals surface area contributed by atoms with Gasteiger partial charge in [-0.25, -0.2) is 4.99 Å². The van der Waals surface area contributed by atoms with Crippen molar-refractivity contribution in [3.05, 3.63) is 59.8 Å². The minimum absolute atomic E-state index is 0.0889. The van der Waals surface area contributed by atoms with Crippen molar-refractivity contribution in [1.29, 1.82) is 0 Å². The summed E-state index contributed by atoms with van der Waals surface area (Å²) in [5.74, 6) is 1.69. The van der Waals surface area contributed by atoms with E-state index in [9.17, 15) is 9.59 Å². The molecule has 0 radical (unpaired) electrons. The van der Waals surface area contributed by atoms with Crippen molar-refractivity contribution in [2.75, 3.05) is 31.4 Å². The summed E-state index contributed by atoms with van der Waals surface area (Å²) in [6.07, 6.45) is 2.64. The van der Waals surface area contributed by atoms with E-state index in [-0.39, 0.29) is 17.6 Å². The average Bonchev–Trinajstić information content (AvgIpc) is 3.12. The van der Waals surface area contributed by atoms with E-state index in [4.69, 9.17) is 9.47 Å². The normalized spacial score (nSPS) is 14.6. The van der Waals surface area contributed by atoms with Crippen molar-refractivity contribution < 1.29 is 19.1 Å². The SMILES string of the molecule is COc1ccc(/C=C2\N=C(SCC(=O)NCCC(C)C)N(c3cccc(OC)c3)C2=O)cc1. The Kier molecular flexibility index (Phi) is 8.54. The van der Waals surface area contributed by atoms with Crippen LogP contribution in [0.25, 0.3) is 6.08 Å². The molecule has 1 aliphatic rings. The fraction of sp³-hybridized carbons (Fsp3) is 0.320. The second-order valence-electron chi connectivity index (χ2n) is 7.86. The molecule has 7 nitrogen and oxygen atoms in total. The molecule has 0 atom stereocenters. The highest BCUT2D eigenvalue weighted by Gasteiger charge is 2.32. The molecule has 0 saturated carbocycles. The summed E-state index contributed by atoms with van der Waals surface area (Å²) in [6.45, 7) is 4.86. The molecule has 0 fully saturated rings. The van der Waals surface area contributed by atoms with Gasteiger partial charge in [-0.2, -0.15) is 0 Å². The third-order valence-corrected chi connectivity index (χ3v) is 5.88. The minimum atomic E-state index is -0.262. The highest BCUT2D eigenvalue weighted by molar-refractivity contribution is 8.14. The van der Waals surface area contributed by atoms with E-state index >= 15 is 0 Å². The topological polar surface area (TPSA) is 80.2 Å². The molecule has 0 bridgehead atoms. The summed E-state index contributed by atoms with van der Waals surface area (Å²) in [5, 5.41) is 3.37. The predicted octanol–water partition coefficient (Wildman–Crippen LogP) is 4.34. The predicted molar refractivity (Wildman–Crippen MR) is 134 cm³/mol. The summed E-state index contributed by atoms with van der Waals surface area (Å²) in [5.41, 5.74) is 1.75. The molecule has 2 aromatic rings. The molecular formula is C25H29N3O4S. The van der Waals surface area contributed by atoms with Gasteiger partial charge >= 0.3 is 0 Å². The second kappa shape index (κ2) is 11.6. The fourth-order valence-corrected chi connectivity index (χ4v) is 3.95. The Morgan fingerprint density at radius 1 is 1.12 bits per heavy atom. The standard InChI is InChI=1S/C25H29N3O4S/c1-17(2)12-13-26-23(29)16-33-25-27-22(14-18-8-10-20(31-3)11-9-18)24(30)28(25)19-6-5-7-21(15-19)32-4/h5-11,14-15,17H,12-13,16H2,1-4H3,(H,26,29)/b22-14-. The van der Waals surface area contributed by atoms with E-state index in [0.29, 0.717) is 34.8 Å². The van der Waals surface area contributed by atoms with Gasteiger partial charge in [0.25, 0.3) is 5.91 Å². The smallest absolute Gasteiger partial charge is 0.283 e. The van der Waals surface area contributed by atoms with Crippen LogP contribution in [0, 0.1) is 5.92 Å². The number of ether oxygens (including phenoxy) is 2. The van der Waals surface area contributed by atoms with E-state index in [1.54, 1.807) is 26.4 Å². The van der Waals surface area contributed by atoms with Crippen molar-refractivity contribution >= 4 is 40.5 Å². The van der Waals surface area contributed by atoms with E-state index in [1.165, 1.54) is 16.7 Å². The van der Waals surface area contributed by atoms with Gasteiger partial charge in [0, 0.05) is 12.6 Å². The zero-order chi connectivity index (χ0) is 23.8. The lowest BCUT2D eigenvalue weighted by Crippen LogP contribution is -2.32. The molecule has 0 aliphatic carbocycles. The molecule has 1 N–H and O–H groups in total. The first-order chi connectivity index (χ1) is 15.9. The second-order valence-corrected chi connectivity index (χ2v) is 8.80. The van der Waals surface area contributed by atoms with Crippen LogP contribution >= 0.6 is 11.8 Å². The maximum Gasteiger partial charge on any atom is 0.283 e. The number of carbonyl (C=O) groups excluding carboxylic acids is 2. The molecule has 1 aliphatic heterocycles. The fourth-order valence-electron chi connectivity index (χ4n) is 3.11. The molecule has 0 saturated heterocycles. The van der Waals surface area contributed by atoms with Crippen LogP contribution in [0.4, 0.5) is 5.69 Å². The summed E-state index contributed by atoms with van der Waals surface area (Å²) >= 11 is 1.23. The number of hydrogen-bond donors (Lipinski definition) is 1. The largest absolute Gasteiger partial charge is 0.497 e. The number of amides is 2. The number of anilines is 1. The van der Waals surface area contributed by atoms with Crippen LogP contribution in [0.3, 0.4) is 0 Å². The molecule has 0 spiro atoms. The number of nitrogens with one attached hydrogen (secondary N) is 1. The van der Waals surface area contributed by atoms with E-state index in [2.05, 4.69) is 24.2 Å². The molecule has 2 amide bonds. The van der Waals surface area contributed by atoms with Crippen LogP contribution in [0.15, 0.2) is 59.2 Å². The third-order valence-electron chi connectivity index (χ3n) is 4.94. The van der Waals surface area contributed by atoms with Crippen LogP contribution < -0.4 is 19.7 Å². The van der Waals surface area contributed by atoms with Gasteiger partial charge in [-0.1, -0.05) is 43.8 Å². The maximum absolute atomic E-state index is 13.3. The third kappa shape index (κ3) is 6.61. The first kappa shape index (κ1) is 24.4. The first-order valence-corrected chi connectivity index (χ1v) is 11.7. The van der Waals surface area contributed by atoms with Crippen molar-refractivity contribution in [2.45, 2.75) is 20.3 Å². The molecule has 174 valence electrons. The van der Waals surface area contributed by atoms with Crippen molar-refractivity contribution in [3.8, 4) is 11.5 Å². The number of methoxy groups -OCH3 is 2. The monoisotopic (exact) mass is 467 g/mol. The number of aliphatic imine (C=N–C) groups is 1. The molecule has 1 heterocycles.